The van der Waals surface area contributed by atoms with Gasteiger partial charge < -0.3 is 5.32 Å². The van der Waals surface area contributed by atoms with Crippen molar-refractivity contribution in [3.8, 4) is 0 Å². The van der Waals surface area contributed by atoms with E-state index in [0.29, 0.717) is 18.5 Å². The Kier molecular flexibility index (Phi) is 4.86. The quantitative estimate of drug-likeness (QED) is 0.651. The molecule has 0 saturated heterocycles. The van der Waals surface area contributed by atoms with Gasteiger partial charge in [-0.25, -0.2) is 0 Å². The Morgan fingerprint density at radius 1 is 1.35 bits per heavy atom. The Labute approximate surface area is 127 Å². The number of nitrogens with zero attached hydrogens (tertiary/aromatic N) is 1. The molecule has 0 saturated carbocycles. The van der Waals surface area contributed by atoms with Gasteiger partial charge in [-0.05, 0) is 40.5 Å². The number of aryl methyl sites for hydroxylation is 1. The van der Waals surface area contributed by atoms with Gasteiger partial charge in [-0.2, -0.15) is 0 Å². The number of hydrogen-bond acceptors (Lipinski definition) is 4. The molecule has 0 aliphatic rings. The van der Waals surface area contributed by atoms with Gasteiger partial charge in [-0.15, -0.1) is 11.3 Å². The average molecular weight is 355 g/mol. The lowest BCUT2D eigenvalue weighted by atomic mass is 10.2. The number of nitrogens with one attached hydrogen (secondary N) is 1. The molecule has 0 unspecified atom stereocenters. The van der Waals surface area contributed by atoms with Crippen molar-refractivity contribution in [1.82, 2.24) is 0 Å². The molecule has 0 fully saturated rings. The van der Waals surface area contributed by atoms with Gasteiger partial charge in [0.2, 0.25) is 5.91 Å². The molecule has 0 spiro atoms. The summed E-state index contributed by atoms with van der Waals surface area (Å²) in [4.78, 5) is 23.1. The first-order valence-electron chi connectivity index (χ1n) is 5.83. The predicted octanol–water partition coefficient (Wildman–Crippen LogP) is 3.99. The van der Waals surface area contributed by atoms with E-state index in [0.717, 1.165) is 8.66 Å². The highest BCUT2D eigenvalue weighted by Crippen LogP contribution is 2.23. The fourth-order valence-electron chi connectivity index (χ4n) is 1.64. The molecule has 1 heterocycles. The van der Waals surface area contributed by atoms with Gasteiger partial charge in [0.05, 0.1) is 8.71 Å². The van der Waals surface area contributed by atoms with E-state index >= 15 is 0 Å². The monoisotopic (exact) mass is 354 g/mol. The van der Waals surface area contributed by atoms with Crippen LogP contribution in [0.15, 0.2) is 40.2 Å². The predicted molar refractivity (Wildman–Crippen MR) is 82.1 cm³/mol. The van der Waals surface area contributed by atoms with Crippen molar-refractivity contribution >= 4 is 44.5 Å². The number of carbonyl (C=O) groups excluding carboxylic acids is 1. The Hall–Kier alpha value is -1.73. The third-order valence-corrected chi connectivity index (χ3v) is 4.25. The number of nitro groups is 1. The topological polar surface area (TPSA) is 72.2 Å². The fourth-order valence-corrected chi connectivity index (χ4v) is 3.13. The van der Waals surface area contributed by atoms with E-state index in [9.17, 15) is 14.9 Å². The first kappa shape index (κ1) is 14.7. The average Bonchev–Trinajstić information content (AvgIpc) is 2.82. The van der Waals surface area contributed by atoms with Crippen molar-refractivity contribution in [2.45, 2.75) is 12.8 Å². The minimum atomic E-state index is -0.487. The molecule has 7 heteroatoms. The van der Waals surface area contributed by atoms with Crippen LogP contribution < -0.4 is 5.32 Å². The van der Waals surface area contributed by atoms with Crippen LogP contribution in [0.3, 0.4) is 0 Å². The highest BCUT2D eigenvalue weighted by atomic mass is 79.9. The molecule has 1 N–H and O–H groups in total. The zero-order valence-corrected chi connectivity index (χ0v) is 12.7. The molecule has 0 bridgehead atoms. The summed E-state index contributed by atoms with van der Waals surface area (Å²) in [5.41, 5.74) is 0.404. The maximum atomic E-state index is 11.8. The highest BCUT2D eigenvalue weighted by Gasteiger charge is 2.08. The molecule has 2 aromatic rings. The van der Waals surface area contributed by atoms with Crippen molar-refractivity contribution in [2.75, 3.05) is 5.32 Å². The van der Waals surface area contributed by atoms with Crippen LogP contribution >= 0.6 is 27.3 Å². The number of benzene rings is 1. The van der Waals surface area contributed by atoms with E-state index in [1.165, 1.54) is 12.1 Å². The van der Waals surface area contributed by atoms with Gasteiger partial charge in [-0.3, -0.25) is 14.9 Å². The fraction of sp³-hybridized carbons (Fsp3) is 0.154. The molecule has 20 heavy (non-hydrogen) atoms. The number of amides is 1. The molecule has 1 aromatic heterocycles. The Morgan fingerprint density at radius 2 is 2.15 bits per heavy atom. The summed E-state index contributed by atoms with van der Waals surface area (Å²) in [7, 11) is 0. The van der Waals surface area contributed by atoms with Crippen LogP contribution in [0.4, 0.5) is 11.4 Å². The van der Waals surface area contributed by atoms with Crippen molar-refractivity contribution in [3.05, 3.63) is 55.2 Å². The van der Waals surface area contributed by atoms with Crippen LogP contribution in [0, 0.1) is 10.1 Å². The second-order valence-corrected chi connectivity index (χ2v) is 6.61. The Morgan fingerprint density at radius 3 is 2.80 bits per heavy atom. The second-order valence-electron chi connectivity index (χ2n) is 4.06. The molecule has 0 aliphatic carbocycles. The summed E-state index contributed by atoms with van der Waals surface area (Å²) >= 11 is 4.96. The Bertz CT molecular complexity index is 642. The minimum absolute atomic E-state index is 0.0370. The number of rotatable bonds is 5. The van der Waals surface area contributed by atoms with E-state index in [2.05, 4.69) is 21.2 Å². The van der Waals surface area contributed by atoms with Gasteiger partial charge in [-0.1, -0.05) is 6.07 Å². The smallest absolute Gasteiger partial charge is 0.271 e. The number of hydrogen-bond donors (Lipinski definition) is 1. The van der Waals surface area contributed by atoms with Gasteiger partial charge in [0.25, 0.3) is 5.69 Å². The van der Waals surface area contributed by atoms with Gasteiger partial charge in [0.15, 0.2) is 0 Å². The third-order valence-electron chi connectivity index (χ3n) is 2.57. The number of halogens is 1. The molecular weight excluding hydrogens is 344 g/mol. The van der Waals surface area contributed by atoms with E-state index < -0.39 is 4.92 Å². The zero-order valence-electron chi connectivity index (χ0n) is 10.3. The van der Waals surface area contributed by atoms with Gasteiger partial charge in [0.1, 0.15) is 0 Å². The summed E-state index contributed by atoms with van der Waals surface area (Å²) in [6, 6.07) is 9.82. The van der Waals surface area contributed by atoms with Crippen molar-refractivity contribution in [2.24, 2.45) is 0 Å². The van der Waals surface area contributed by atoms with E-state index in [1.807, 2.05) is 12.1 Å². The summed E-state index contributed by atoms with van der Waals surface area (Å²) in [5.74, 6) is -0.157. The van der Waals surface area contributed by atoms with Crippen LogP contribution in [0.1, 0.15) is 11.3 Å². The van der Waals surface area contributed by atoms with Crippen molar-refractivity contribution in [1.29, 1.82) is 0 Å². The summed E-state index contributed by atoms with van der Waals surface area (Å²) < 4.78 is 1.03. The summed E-state index contributed by atoms with van der Waals surface area (Å²) in [5, 5.41) is 13.3. The third kappa shape index (κ3) is 4.14. The van der Waals surface area contributed by atoms with E-state index in [-0.39, 0.29) is 11.6 Å². The lowest BCUT2D eigenvalue weighted by Gasteiger charge is -2.04. The largest absolute Gasteiger partial charge is 0.326 e. The second kappa shape index (κ2) is 6.62. The Balaban J connectivity index is 1.91. The maximum absolute atomic E-state index is 11.8. The molecule has 104 valence electrons. The number of anilines is 1. The lowest BCUT2D eigenvalue weighted by Crippen LogP contribution is -2.12. The van der Waals surface area contributed by atoms with Crippen LogP contribution in [-0.2, 0) is 11.2 Å². The van der Waals surface area contributed by atoms with E-state index in [4.69, 9.17) is 0 Å². The lowest BCUT2D eigenvalue weighted by molar-refractivity contribution is -0.384. The van der Waals surface area contributed by atoms with Crippen LogP contribution in [0.25, 0.3) is 0 Å². The van der Waals surface area contributed by atoms with Crippen molar-refractivity contribution in [3.63, 3.8) is 0 Å². The number of carbonyl (C=O) groups is 1. The first-order valence-corrected chi connectivity index (χ1v) is 7.44. The number of thiophene rings is 1. The van der Waals surface area contributed by atoms with Gasteiger partial charge in [0, 0.05) is 29.1 Å². The first-order chi connectivity index (χ1) is 9.54. The molecule has 1 amide bonds. The molecule has 1 aromatic carbocycles. The molecular formula is C13H11BrN2O3S. The van der Waals surface area contributed by atoms with Crippen molar-refractivity contribution < 1.29 is 9.72 Å². The summed E-state index contributed by atoms with van der Waals surface area (Å²) in [6.45, 7) is 0. The molecule has 0 radical (unpaired) electrons. The number of nitro benzene ring substituents is 1. The SMILES string of the molecule is O=C(CCc1ccc(Br)s1)Nc1cccc([N+](=O)[O-])c1. The maximum Gasteiger partial charge on any atom is 0.271 e. The number of non-ortho nitro benzene ring substituents is 1. The van der Waals surface area contributed by atoms with Crippen LogP contribution in [0.5, 0.6) is 0 Å². The van der Waals surface area contributed by atoms with Crippen LogP contribution in [0.2, 0.25) is 0 Å². The highest BCUT2D eigenvalue weighted by molar-refractivity contribution is 9.11. The molecule has 2 rings (SSSR count). The van der Waals surface area contributed by atoms with Gasteiger partial charge >= 0.3 is 0 Å². The minimum Gasteiger partial charge on any atom is -0.326 e. The molecule has 0 atom stereocenters. The molecule has 5 nitrogen and oxygen atoms in total. The molecule has 0 aliphatic heterocycles. The van der Waals surface area contributed by atoms with Crippen LogP contribution in [-0.4, -0.2) is 10.8 Å². The normalized spacial score (nSPS) is 10.2. The standard InChI is InChI=1S/C13H11BrN2O3S/c14-12-6-4-11(20-12)5-7-13(17)15-9-2-1-3-10(8-9)16(18)19/h1-4,6,8H,5,7H2,(H,15,17). The summed E-state index contributed by atoms with van der Waals surface area (Å²) in [6.07, 6.45) is 0.993. The van der Waals surface area contributed by atoms with E-state index in [1.54, 1.807) is 23.5 Å². The zero-order chi connectivity index (χ0) is 14.5.